The van der Waals surface area contributed by atoms with Gasteiger partial charge in [-0.1, -0.05) is 47.5 Å². The molecule has 2 aromatic heterocycles. The molecular weight excluding hydrogens is 429 g/mol. The highest BCUT2D eigenvalue weighted by atomic mass is 35.5. The maximum Gasteiger partial charge on any atom is 0.339 e. The van der Waals surface area contributed by atoms with Gasteiger partial charge < -0.3 is 9.47 Å². The van der Waals surface area contributed by atoms with Crippen LogP contribution in [0.1, 0.15) is 10.4 Å². The minimum atomic E-state index is -0.424. The molecule has 2 aromatic carbocycles. The lowest BCUT2D eigenvalue weighted by Crippen LogP contribution is -2.13. The molecule has 0 saturated heterocycles. The van der Waals surface area contributed by atoms with Gasteiger partial charge in [-0.05, 0) is 41.8 Å². The van der Waals surface area contributed by atoms with Gasteiger partial charge in [-0.15, -0.1) is 11.3 Å². The third-order valence-corrected chi connectivity index (χ3v) is 5.60. The molecule has 7 heteroatoms. The van der Waals surface area contributed by atoms with E-state index in [1.165, 1.54) is 0 Å². The second-order valence-electron chi connectivity index (χ2n) is 6.11. The van der Waals surface area contributed by atoms with Gasteiger partial charge in [0.1, 0.15) is 19.0 Å². The van der Waals surface area contributed by atoms with E-state index in [0.717, 1.165) is 21.5 Å². The van der Waals surface area contributed by atoms with Crippen LogP contribution in [-0.2, 0) is 4.74 Å². The average Bonchev–Trinajstić information content (AvgIpc) is 3.26. The Labute approximate surface area is 181 Å². The Hall–Kier alpha value is -2.60. The van der Waals surface area contributed by atoms with Gasteiger partial charge in [0.15, 0.2) is 0 Å². The predicted octanol–water partition coefficient (Wildman–Crippen LogP) is 6.51. The average molecular weight is 444 g/mol. The van der Waals surface area contributed by atoms with Gasteiger partial charge >= 0.3 is 5.97 Å². The lowest BCUT2D eigenvalue weighted by atomic mass is 10.1. The summed E-state index contributed by atoms with van der Waals surface area (Å²) in [5.41, 5.74) is 1.97. The van der Waals surface area contributed by atoms with Crippen molar-refractivity contribution in [2.45, 2.75) is 0 Å². The van der Waals surface area contributed by atoms with Crippen LogP contribution in [-0.4, -0.2) is 24.2 Å². The second kappa shape index (κ2) is 8.82. The zero-order valence-corrected chi connectivity index (χ0v) is 17.4. The molecule has 4 nitrogen and oxygen atoms in total. The lowest BCUT2D eigenvalue weighted by molar-refractivity contribution is 0.0453. The van der Waals surface area contributed by atoms with Crippen molar-refractivity contribution in [2.75, 3.05) is 13.2 Å². The van der Waals surface area contributed by atoms with Gasteiger partial charge in [0.25, 0.3) is 0 Å². The first-order valence-corrected chi connectivity index (χ1v) is 10.4. The Bertz CT molecular complexity index is 1160. The fourth-order valence-corrected chi connectivity index (χ4v) is 4.00. The standard InChI is InChI=1S/C22H15Cl2NO3S/c23-14-7-8-20(17(24)12-14)27-9-10-28-22(26)16-13-19(21-6-3-11-29-21)25-18-5-2-1-4-15(16)18/h1-8,11-13H,9-10H2. The summed E-state index contributed by atoms with van der Waals surface area (Å²) in [4.78, 5) is 18.4. The number of ether oxygens (including phenoxy) is 2. The Balaban J connectivity index is 1.49. The molecule has 0 bridgehead atoms. The van der Waals surface area contributed by atoms with E-state index in [4.69, 9.17) is 32.7 Å². The number of hydrogen-bond acceptors (Lipinski definition) is 5. The van der Waals surface area contributed by atoms with Crippen molar-refractivity contribution in [3.8, 4) is 16.3 Å². The first-order chi connectivity index (χ1) is 14.1. The topological polar surface area (TPSA) is 48.4 Å². The number of carbonyl (C=O) groups is 1. The molecule has 0 N–H and O–H groups in total. The molecule has 0 amide bonds. The largest absolute Gasteiger partial charge is 0.488 e. The van der Waals surface area contributed by atoms with Crippen molar-refractivity contribution in [3.63, 3.8) is 0 Å². The van der Waals surface area contributed by atoms with E-state index in [-0.39, 0.29) is 13.2 Å². The van der Waals surface area contributed by atoms with E-state index in [1.54, 1.807) is 35.6 Å². The first-order valence-electron chi connectivity index (χ1n) is 8.80. The lowest BCUT2D eigenvalue weighted by Gasteiger charge is -2.11. The monoisotopic (exact) mass is 443 g/mol. The summed E-state index contributed by atoms with van der Waals surface area (Å²) in [6, 6.07) is 18.2. The highest BCUT2D eigenvalue weighted by Crippen LogP contribution is 2.29. The van der Waals surface area contributed by atoms with E-state index in [9.17, 15) is 4.79 Å². The predicted molar refractivity (Wildman–Crippen MR) is 117 cm³/mol. The van der Waals surface area contributed by atoms with Crippen molar-refractivity contribution in [2.24, 2.45) is 0 Å². The first kappa shape index (κ1) is 19.7. The Kier molecular flexibility index (Phi) is 6.00. The summed E-state index contributed by atoms with van der Waals surface area (Å²) < 4.78 is 11.0. The summed E-state index contributed by atoms with van der Waals surface area (Å²) in [5.74, 6) is 0.0636. The number of rotatable bonds is 6. The van der Waals surface area contributed by atoms with E-state index in [1.807, 2.05) is 41.8 Å². The summed E-state index contributed by atoms with van der Waals surface area (Å²) in [6.07, 6.45) is 0. The molecule has 0 radical (unpaired) electrons. The summed E-state index contributed by atoms with van der Waals surface area (Å²) in [7, 11) is 0. The van der Waals surface area contributed by atoms with Crippen LogP contribution in [0.4, 0.5) is 0 Å². The number of halogens is 2. The molecule has 0 unspecified atom stereocenters. The number of hydrogen-bond donors (Lipinski definition) is 0. The maximum absolute atomic E-state index is 12.8. The number of benzene rings is 2. The van der Waals surface area contributed by atoms with Gasteiger partial charge in [-0.2, -0.15) is 0 Å². The van der Waals surface area contributed by atoms with Crippen LogP contribution in [0.15, 0.2) is 66.0 Å². The summed E-state index contributed by atoms with van der Waals surface area (Å²) in [6.45, 7) is 0.261. The molecule has 2 heterocycles. The van der Waals surface area contributed by atoms with Crippen molar-refractivity contribution in [1.82, 2.24) is 4.98 Å². The van der Waals surface area contributed by atoms with Crippen LogP contribution in [0.2, 0.25) is 10.0 Å². The van der Waals surface area contributed by atoms with Crippen molar-refractivity contribution >= 4 is 51.4 Å². The number of pyridine rings is 1. The zero-order valence-electron chi connectivity index (χ0n) is 15.1. The Morgan fingerprint density at radius 3 is 2.66 bits per heavy atom. The smallest absolute Gasteiger partial charge is 0.339 e. The molecule has 0 fully saturated rings. The Morgan fingerprint density at radius 2 is 1.86 bits per heavy atom. The Morgan fingerprint density at radius 1 is 1.00 bits per heavy atom. The van der Waals surface area contributed by atoms with Gasteiger partial charge in [-0.25, -0.2) is 9.78 Å². The zero-order chi connectivity index (χ0) is 20.2. The molecule has 4 rings (SSSR count). The second-order valence-corrected chi connectivity index (χ2v) is 7.90. The quantitative estimate of drug-likeness (QED) is 0.251. The number of fused-ring (bicyclic) bond motifs is 1. The number of para-hydroxylation sites is 1. The molecule has 146 valence electrons. The number of esters is 1. The number of thiophene rings is 1. The molecule has 0 spiro atoms. The van der Waals surface area contributed by atoms with Crippen LogP contribution in [0.3, 0.4) is 0 Å². The van der Waals surface area contributed by atoms with Crippen LogP contribution >= 0.6 is 34.5 Å². The van der Waals surface area contributed by atoms with Crippen LogP contribution in [0, 0.1) is 0 Å². The third kappa shape index (κ3) is 4.53. The maximum atomic E-state index is 12.8. The van der Waals surface area contributed by atoms with Gasteiger partial charge in [0.05, 0.1) is 26.7 Å². The summed E-state index contributed by atoms with van der Waals surface area (Å²) in [5, 5.41) is 3.66. The SMILES string of the molecule is O=C(OCCOc1ccc(Cl)cc1Cl)c1cc(-c2cccs2)nc2ccccc12. The van der Waals surface area contributed by atoms with Crippen molar-refractivity contribution in [1.29, 1.82) is 0 Å². The van der Waals surface area contributed by atoms with Crippen molar-refractivity contribution in [3.05, 3.63) is 81.7 Å². The fraction of sp³-hybridized carbons (Fsp3) is 0.0909. The van der Waals surface area contributed by atoms with Crippen LogP contribution in [0.25, 0.3) is 21.5 Å². The molecule has 29 heavy (non-hydrogen) atoms. The summed E-state index contributed by atoms with van der Waals surface area (Å²) >= 11 is 13.5. The molecular formula is C22H15Cl2NO3S. The highest BCUT2D eigenvalue weighted by Gasteiger charge is 2.15. The van der Waals surface area contributed by atoms with Gasteiger partial charge in [-0.3, -0.25) is 0 Å². The molecule has 0 aliphatic rings. The molecule has 4 aromatic rings. The molecule has 0 aliphatic heterocycles. The van der Waals surface area contributed by atoms with Crippen LogP contribution in [0.5, 0.6) is 5.75 Å². The van der Waals surface area contributed by atoms with E-state index in [0.29, 0.717) is 21.4 Å². The highest BCUT2D eigenvalue weighted by molar-refractivity contribution is 7.13. The normalized spacial score (nSPS) is 10.8. The van der Waals surface area contributed by atoms with Crippen molar-refractivity contribution < 1.29 is 14.3 Å². The molecule has 0 aliphatic carbocycles. The molecule has 0 atom stereocenters. The van der Waals surface area contributed by atoms with E-state index < -0.39 is 5.97 Å². The number of nitrogens with zero attached hydrogens (tertiary/aromatic N) is 1. The van der Waals surface area contributed by atoms with E-state index >= 15 is 0 Å². The fourth-order valence-electron chi connectivity index (χ4n) is 2.85. The van der Waals surface area contributed by atoms with Gasteiger partial charge in [0.2, 0.25) is 0 Å². The van der Waals surface area contributed by atoms with Crippen LogP contribution < -0.4 is 4.74 Å². The third-order valence-electron chi connectivity index (χ3n) is 4.18. The minimum Gasteiger partial charge on any atom is -0.488 e. The minimum absolute atomic E-state index is 0.0861. The molecule has 0 saturated carbocycles. The van der Waals surface area contributed by atoms with Gasteiger partial charge in [0, 0.05) is 10.4 Å². The number of aromatic nitrogens is 1. The van der Waals surface area contributed by atoms with E-state index in [2.05, 4.69) is 4.98 Å². The number of carbonyl (C=O) groups excluding carboxylic acids is 1.